The second-order valence-electron chi connectivity index (χ2n) is 7.84. The van der Waals surface area contributed by atoms with Gasteiger partial charge in [0.05, 0.1) is 19.1 Å². The van der Waals surface area contributed by atoms with Crippen LogP contribution in [0.3, 0.4) is 0 Å². The Balaban J connectivity index is 5.24. The standard InChI is InChI=1S/C21H36N2O5/c1-9-10-11-12-16(24)15(6)19(25)22-17(13(2)3)20(26)23(7)18(14(4)5)21(27)28-8/h1,13-18,24H,10-12H2,2-8H3,(H,22,25)/t15-,16+,17-,18-/m0/s1. The maximum Gasteiger partial charge on any atom is 0.328 e. The van der Waals surface area contributed by atoms with Crippen molar-refractivity contribution < 1.29 is 24.2 Å². The first-order valence-electron chi connectivity index (χ1n) is 9.75. The number of unbranched alkanes of at least 4 members (excludes halogenated alkanes) is 1. The summed E-state index contributed by atoms with van der Waals surface area (Å²) in [7, 11) is 2.81. The molecule has 0 fully saturated rings. The van der Waals surface area contributed by atoms with Crippen LogP contribution in [0.5, 0.6) is 0 Å². The summed E-state index contributed by atoms with van der Waals surface area (Å²) in [6, 6.07) is -1.56. The van der Waals surface area contributed by atoms with Crippen molar-refractivity contribution in [1.82, 2.24) is 10.2 Å². The zero-order valence-corrected chi connectivity index (χ0v) is 18.2. The van der Waals surface area contributed by atoms with Crippen LogP contribution in [-0.2, 0) is 19.1 Å². The largest absolute Gasteiger partial charge is 0.467 e. The van der Waals surface area contributed by atoms with E-state index < -0.39 is 36.0 Å². The molecule has 7 nitrogen and oxygen atoms in total. The first-order chi connectivity index (χ1) is 13.0. The lowest BCUT2D eigenvalue weighted by Crippen LogP contribution is -2.56. The first kappa shape index (κ1) is 25.9. The normalized spacial score (nSPS) is 15.3. The molecule has 160 valence electrons. The molecule has 4 atom stereocenters. The van der Waals surface area contributed by atoms with E-state index in [-0.39, 0.29) is 17.7 Å². The number of hydrogen-bond acceptors (Lipinski definition) is 5. The summed E-state index contributed by atoms with van der Waals surface area (Å²) in [5, 5.41) is 12.9. The number of hydrogen-bond donors (Lipinski definition) is 2. The molecule has 7 heteroatoms. The number of aliphatic hydroxyl groups is 1. The number of nitrogens with one attached hydrogen (secondary N) is 1. The number of esters is 1. The summed E-state index contributed by atoms with van der Waals surface area (Å²) >= 11 is 0. The lowest BCUT2D eigenvalue weighted by Gasteiger charge is -2.34. The van der Waals surface area contributed by atoms with Crippen LogP contribution < -0.4 is 5.32 Å². The Hall–Kier alpha value is -2.07. The first-order valence-corrected chi connectivity index (χ1v) is 9.75. The zero-order valence-electron chi connectivity index (χ0n) is 18.2. The van der Waals surface area contributed by atoms with E-state index >= 15 is 0 Å². The van der Waals surface area contributed by atoms with E-state index in [0.29, 0.717) is 19.3 Å². The maximum absolute atomic E-state index is 13.0. The van der Waals surface area contributed by atoms with Crippen molar-refractivity contribution in [2.24, 2.45) is 17.8 Å². The lowest BCUT2D eigenvalue weighted by molar-refractivity contribution is -0.155. The molecular formula is C21H36N2O5. The summed E-state index contributed by atoms with van der Waals surface area (Å²) in [6.07, 6.45) is 5.94. The van der Waals surface area contributed by atoms with Gasteiger partial charge in [-0.2, -0.15) is 0 Å². The van der Waals surface area contributed by atoms with E-state index in [1.165, 1.54) is 19.1 Å². The van der Waals surface area contributed by atoms with Crippen LogP contribution in [0.1, 0.15) is 53.9 Å². The molecule has 0 aromatic heterocycles. The molecule has 0 radical (unpaired) electrons. The van der Waals surface area contributed by atoms with Gasteiger partial charge in [-0.1, -0.05) is 34.6 Å². The van der Waals surface area contributed by atoms with Crippen LogP contribution in [0, 0.1) is 30.1 Å². The van der Waals surface area contributed by atoms with E-state index in [1.807, 2.05) is 27.7 Å². The topological polar surface area (TPSA) is 95.9 Å². The van der Waals surface area contributed by atoms with Crippen molar-refractivity contribution in [1.29, 1.82) is 0 Å². The van der Waals surface area contributed by atoms with Gasteiger partial charge in [-0.3, -0.25) is 9.59 Å². The van der Waals surface area contributed by atoms with Crippen LogP contribution in [0.15, 0.2) is 0 Å². The summed E-state index contributed by atoms with van der Waals surface area (Å²) in [6.45, 7) is 8.89. The molecule has 0 bridgehead atoms. The van der Waals surface area contributed by atoms with Crippen molar-refractivity contribution in [2.45, 2.75) is 72.1 Å². The van der Waals surface area contributed by atoms with E-state index in [1.54, 1.807) is 6.92 Å². The number of rotatable bonds is 11. The Morgan fingerprint density at radius 3 is 2.14 bits per heavy atom. The third-order valence-corrected chi connectivity index (χ3v) is 4.88. The number of nitrogens with zero attached hydrogens (tertiary/aromatic N) is 1. The Kier molecular flexibility index (Phi) is 11.5. The third kappa shape index (κ3) is 7.51. The molecule has 2 N–H and O–H groups in total. The van der Waals surface area contributed by atoms with Gasteiger partial charge in [-0.25, -0.2) is 4.79 Å². The predicted molar refractivity (Wildman–Crippen MR) is 108 cm³/mol. The minimum atomic E-state index is -0.840. The average Bonchev–Trinajstić information content (AvgIpc) is 2.63. The molecule has 2 amide bonds. The highest BCUT2D eigenvalue weighted by atomic mass is 16.5. The van der Waals surface area contributed by atoms with Crippen molar-refractivity contribution in [3.63, 3.8) is 0 Å². The van der Waals surface area contributed by atoms with Crippen LogP contribution in [0.25, 0.3) is 0 Å². The van der Waals surface area contributed by atoms with Gasteiger partial charge in [0.1, 0.15) is 12.1 Å². The van der Waals surface area contributed by atoms with Gasteiger partial charge in [-0.15, -0.1) is 12.3 Å². The van der Waals surface area contributed by atoms with E-state index in [9.17, 15) is 19.5 Å². The van der Waals surface area contributed by atoms with Gasteiger partial charge in [0.2, 0.25) is 11.8 Å². The Bertz CT molecular complexity index is 568. The minimum absolute atomic E-state index is 0.151. The molecule has 0 aliphatic carbocycles. The molecule has 0 unspecified atom stereocenters. The number of amides is 2. The molecule has 0 saturated carbocycles. The van der Waals surface area contributed by atoms with Gasteiger partial charge in [0.25, 0.3) is 0 Å². The zero-order chi connectivity index (χ0) is 22.0. The Morgan fingerprint density at radius 1 is 1.14 bits per heavy atom. The highest BCUT2D eigenvalue weighted by molar-refractivity contribution is 5.91. The van der Waals surface area contributed by atoms with Crippen LogP contribution >= 0.6 is 0 Å². The van der Waals surface area contributed by atoms with E-state index in [2.05, 4.69) is 11.2 Å². The minimum Gasteiger partial charge on any atom is -0.467 e. The quantitative estimate of drug-likeness (QED) is 0.314. The molecule has 0 saturated heterocycles. The molecule has 0 aliphatic rings. The highest BCUT2D eigenvalue weighted by Crippen LogP contribution is 2.17. The SMILES string of the molecule is C#CCCC[C@@H](O)[C@H](C)C(=O)N[C@H](C(=O)N(C)[C@H](C(=O)OC)C(C)C)C(C)C. The second-order valence-corrected chi connectivity index (χ2v) is 7.84. The number of carbonyl (C=O) groups excluding carboxylic acids is 3. The molecule has 0 rings (SSSR count). The van der Waals surface area contributed by atoms with Crippen molar-refractivity contribution in [2.75, 3.05) is 14.2 Å². The van der Waals surface area contributed by atoms with Gasteiger partial charge < -0.3 is 20.1 Å². The number of carbonyl (C=O) groups is 3. The van der Waals surface area contributed by atoms with Crippen molar-refractivity contribution in [3.8, 4) is 12.3 Å². The van der Waals surface area contributed by atoms with Gasteiger partial charge in [-0.05, 0) is 24.7 Å². The maximum atomic E-state index is 13.0. The van der Waals surface area contributed by atoms with Crippen LogP contribution in [0.2, 0.25) is 0 Å². The fourth-order valence-electron chi connectivity index (χ4n) is 2.99. The molecular weight excluding hydrogens is 360 g/mol. The van der Waals surface area contributed by atoms with E-state index in [0.717, 1.165) is 0 Å². The Morgan fingerprint density at radius 2 is 1.71 bits per heavy atom. The third-order valence-electron chi connectivity index (χ3n) is 4.88. The van der Waals surface area contributed by atoms with Crippen molar-refractivity contribution >= 4 is 17.8 Å². The summed E-state index contributed by atoms with van der Waals surface area (Å²) in [5.41, 5.74) is 0. The number of methoxy groups -OCH3 is 1. The number of likely N-dealkylation sites (N-methyl/N-ethyl adjacent to an activating group) is 1. The van der Waals surface area contributed by atoms with E-state index in [4.69, 9.17) is 11.2 Å². The smallest absolute Gasteiger partial charge is 0.328 e. The molecule has 0 aromatic rings. The highest BCUT2D eigenvalue weighted by Gasteiger charge is 2.36. The molecule has 28 heavy (non-hydrogen) atoms. The number of ether oxygens (including phenoxy) is 1. The fraction of sp³-hybridized carbons (Fsp3) is 0.762. The summed E-state index contributed by atoms with van der Waals surface area (Å²) in [4.78, 5) is 39.0. The van der Waals surface area contributed by atoms with Crippen LogP contribution in [-0.4, -0.2) is 60.1 Å². The average molecular weight is 397 g/mol. The predicted octanol–water partition coefficient (Wildman–Crippen LogP) is 1.58. The monoisotopic (exact) mass is 396 g/mol. The molecule has 0 aliphatic heterocycles. The molecule has 0 aromatic carbocycles. The second kappa shape index (κ2) is 12.4. The summed E-state index contributed by atoms with van der Waals surface area (Å²) in [5.74, 6) is 0.182. The van der Waals surface area contributed by atoms with Gasteiger partial charge in [0, 0.05) is 13.5 Å². The number of terminal acetylenes is 1. The van der Waals surface area contributed by atoms with Crippen LogP contribution in [0.4, 0.5) is 0 Å². The van der Waals surface area contributed by atoms with Gasteiger partial charge >= 0.3 is 5.97 Å². The summed E-state index contributed by atoms with van der Waals surface area (Å²) < 4.78 is 4.82. The van der Waals surface area contributed by atoms with Gasteiger partial charge in [0.15, 0.2) is 0 Å². The molecule has 0 spiro atoms. The number of aliphatic hydroxyl groups excluding tert-OH is 1. The Labute approximate surface area is 169 Å². The molecule has 0 heterocycles. The van der Waals surface area contributed by atoms with Crippen molar-refractivity contribution in [3.05, 3.63) is 0 Å². The lowest BCUT2D eigenvalue weighted by atomic mass is 9.95. The fourth-order valence-corrected chi connectivity index (χ4v) is 2.99.